The fourth-order valence-corrected chi connectivity index (χ4v) is 2.09. The second-order valence-corrected chi connectivity index (χ2v) is 4.97. The molecule has 1 aromatic carbocycles. The van der Waals surface area contributed by atoms with E-state index in [1.165, 1.54) is 4.90 Å². The lowest BCUT2D eigenvalue weighted by Crippen LogP contribution is -2.39. The number of amides is 1. The molecule has 0 aliphatic rings. The summed E-state index contributed by atoms with van der Waals surface area (Å²) in [5, 5.41) is 9.35. The van der Waals surface area contributed by atoms with E-state index < -0.39 is 5.97 Å². The molecule has 1 unspecified atom stereocenters. The molecule has 1 N–H and O–H groups in total. The highest BCUT2D eigenvalue weighted by atomic mass is 16.5. The lowest BCUT2D eigenvalue weighted by molar-refractivity contribution is 0.0613. The minimum atomic E-state index is -1.08. The Bertz CT molecular complexity index is 525. The van der Waals surface area contributed by atoms with E-state index in [2.05, 4.69) is 0 Å². The molecular formula is C15H21NO4. The first-order valence-corrected chi connectivity index (χ1v) is 6.40. The van der Waals surface area contributed by atoms with Gasteiger partial charge in [-0.2, -0.15) is 0 Å². The molecule has 0 aliphatic heterocycles. The summed E-state index contributed by atoms with van der Waals surface area (Å²) in [4.78, 5) is 25.5. The van der Waals surface area contributed by atoms with Crippen LogP contribution in [0.25, 0.3) is 0 Å². The maximum Gasteiger partial charge on any atom is 0.336 e. The van der Waals surface area contributed by atoms with Crippen LogP contribution < -0.4 is 0 Å². The van der Waals surface area contributed by atoms with Gasteiger partial charge in [-0.3, -0.25) is 4.79 Å². The van der Waals surface area contributed by atoms with E-state index in [1.807, 2.05) is 6.92 Å². The van der Waals surface area contributed by atoms with E-state index >= 15 is 0 Å². The number of carboxylic acid groups (broad SMARTS) is 1. The first-order valence-electron chi connectivity index (χ1n) is 6.40. The number of hydrogen-bond donors (Lipinski definition) is 1. The Kier molecular flexibility index (Phi) is 5.27. The quantitative estimate of drug-likeness (QED) is 0.896. The number of aromatic carboxylic acids is 1. The highest BCUT2D eigenvalue weighted by Crippen LogP contribution is 2.21. The van der Waals surface area contributed by atoms with Crippen LogP contribution in [-0.2, 0) is 4.74 Å². The zero-order valence-electron chi connectivity index (χ0n) is 12.6. The molecule has 0 radical (unpaired) electrons. The van der Waals surface area contributed by atoms with Gasteiger partial charge in [0, 0.05) is 14.2 Å². The van der Waals surface area contributed by atoms with E-state index in [0.717, 1.165) is 0 Å². The topological polar surface area (TPSA) is 66.8 Å². The van der Waals surface area contributed by atoms with Gasteiger partial charge in [0.2, 0.25) is 0 Å². The lowest BCUT2D eigenvalue weighted by Gasteiger charge is -2.26. The second kappa shape index (κ2) is 6.52. The molecule has 0 aliphatic carbocycles. The minimum absolute atomic E-state index is 0.0754. The number of nitrogens with zero attached hydrogens (tertiary/aromatic N) is 1. The number of carbonyl (C=O) groups excluding carboxylic acids is 1. The molecule has 0 heterocycles. The monoisotopic (exact) mass is 279 g/mol. The number of aryl methyl sites for hydroxylation is 2. The van der Waals surface area contributed by atoms with Crippen molar-refractivity contribution in [2.75, 3.05) is 20.8 Å². The van der Waals surface area contributed by atoms with Gasteiger partial charge < -0.3 is 14.7 Å². The zero-order chi connectivity index (χ0) is 15.4. The number of likely N-dealkylation sites (N-methyl/N-ethyl adjacent to an activating group) is 1. The summed E-state index contributed by atoms with van der Waals surface area (Å²) in [5.41, 5.74) is 1.57. The van der Waals surface area contributed by atoms with Crippen LogP contribution in [-0.4, -0.2) is 48.7 Å². The third-order valence-corrected chi connectivity index (χ3v) is 3.44. The minimum Gasteiger partial charge on any atom is -0.478 e. The number of carbonyl (C=O) groups is 2. The van der Waals surface area contributed by atoms with Crippen LogP contribution in [0.1, 0.15) is 38.8 Å². The van der Waals surface area contributed by atoms with Crippen molar-refractivity contribution < 1.29 is 19.4 Å². The first-order chi connectivity index (χ1) is 9.31. The van der Waals surface area contributed by atoms with Gasteiger partial charge in [-0.15, -0.1) is 0 Å². The van der Waals surface area contributed by atoms with Gasteiger partial charge >= 0.3 is 5.97 Å². The van der Waals surface area contributed by atoms with Crippen molar-refractivity contribution in [2.45, 2.75) is 26.8 Å². The molecule has 0 spiro atoms. The highest BCUT2D eigenvalue weighted by molar-refractivity contribution is 6.06. The van der Waals surface area contributed by atoms with Crippen LogP contribution >= 0.6 is 0 Å². The van der Waals surface area contributed by atoms with Crippen molar-refractivity contribution in [3.05, 3.63) is 34.4 Å². The SMILES string of the molecule is COCC(C)N(C)C(=O)c1c(C)ccc(C)c1C(=O)O. The average molecular weight is 279 g/mol. The summed E-state index contributed by atoms with van der Waals surface area (Å²) in [6, 6.07) is 3.35. The average Bonchev–Trinajstić information content (AvgIpc) is 2.39. The number of methoxy groups -OCH3 is 1. The predicted octanol–water partition coefficient (Wildman–Crippen LogP) is 2.11. The van der Waals surface area contributed by atoms with Crippen molar-refractivity contribution in [1.29, 1.82) is 0 Å². The van der Waals surface area contributed by atoms with E-state index in [0.29, 0.717) is 17.7 Å². The summed E-state index contributed by atoms with van der Waals surface area (Å²) in [6.45, 7) is 5.69. The van der Waals surface area contributed by atoms with Gasteiger partial charge in [0.15, 0.2) is 0 Å². The number of hydrogen-bond acceptors (Lipinski definition) is 3. The Morgan fingerprint density at radius 1 is 1.25 bits per heavy atom. The molecule has 110 valence electrons. The summed E-state index contributed by atoms with van der Waals surface area (Å²) >= 11 is 0. The third kappa shape index (κ3) is 3.17. The molecule has 20 heavy (non-hydrogen) atoms. The van der Waals surface area contributed by atoms with Gasteiger partial charge in [0.05, 0.1) is 23.8 Å². The molecule has 1 rings (SSSR count). The maximum atomic E-state index is 12.6. The Balaban J connectivity index is 3.28. The molecule has 0 aromatic heterocycles. The number of ether oxygens (including phenoxy) is 1. The molecule has 0 bridgehead atoms. The molecule has 5 heteroatoms. The Labute approximate surface area is 119 Å². The molecule has 0 saturated heterocycles. The molecular weight excluding hydrogens is 258 g/mol. The molecule has 1 aromatic rings. The number of rotatable bonds is 5. The maximum absolute atomic E-state index is 12.6. The summed E-state index contributed by atoms with van der Waals surface area (Å²) in [6.07, 6.45) is 0. The van der Waals surface area contributed by atoms with Gasteiger partial charge in [0.1, 0.15) is 0 Å². The molecule has 1 amide bonds. The van der Waals surface area contributed by atoms with E-state index in [-0.39, 0.29) is 23.1 Å². The van der Waals surface area contributed by atoms with Crippen LogP contribution in [0.15, 0.2) is 12.1 Å². The van der Waals surface area contributed by atoms with Crippen LogP contribution in [0.4, 0.5) is 0 Å². The predicted molar refractivity (Wildman–Crippen MR) is 76.3 cm³/mol. The number of benzene rings is 1. The van der Waals surface area contributed by atoms with Crippen LogP contribution in [0.2, 0.25) is 0 Å². The molecule has 0 saturated carbocycles. The Morgan fingerprint density at radius 3 is 2.20 bits per heavy atom. The summed E-state index contributed by atoms with van der Waals surface area (Å²) < 4.78 is 5.03. The fraction of sp³-hybridized carbons (Fsp3) is 0.467. The van der Waals surface area contributed by atoms with Crippen LogP contribution in [0.3, 0.4) is 0 Å². The normalized spacial score (nSPS) is 12.1. The first kappa shape index (κ1) is 16.2. The zero-order valence-corrected chi connectivity index (χ0v) is 12.6. The van der Waals surface area contributed by atoms with E-state index in [9.17, 15) is 14.7 Å². The lowest BCUT2D eigenvalue weighted by atomic mass is 9.96. The molecule has 5 nitrogen and oxygen atoms in total. The Hall–Kier alpha value is -1.88. The van der Waals surface area contributed by atoms with Crippen molar-refractivity contribution in [3.8, 4) is 0 Å². The van der Waals surface area contributed by atoms with Crippen LogP contribution in [0.5, 0.6) is 0 Å². The van der Waals surface area contributed by atoms with Gasteiger partial charge in [-0.05, 0) is 31.9 Å². The van der Waals surface area contributed by atoms with Crippen molar-refractivity contribution >= 4 is 11.9 Å². The van der Waals surface area contributed by atoms with Crippen molar-refractivity contribution in [3.63, 3.8) is 0 Å². The van der Waals surface area contributed by atoms with Crippen molar-refractivity contribution in [2.24, 2.45) is 0 Å². The number of carboxylic acids is 1. The molecule has 1 atom stereocenters. The summed E-state index contributed by atoms with van der Waals surface area (Å²) in [5.74, 6) is -1.38. The summed E-state index contributed by atoms with van der Waals surface area (Å²) in [7, 11) is 3.22. The standard InChI is InChI=1S/C15H21NO4/c1-9-6-7-10(2)13(15(18)19)12(9)14(17)16(4)11(3)8-20-5/h6-7,11H,8H2,1-5H3,(H,18,19). The van der Waals surface area contributed by atoms with Gasteiger partial charge in [-0.1, -0.05) is 12.1 Å². The Morgan fingerprint density at radius 2 is 1.75 bits per heavy atom. The third-order valence-electron chi connectivity index (χ3n) is 3.44. The largest absolute Gasteiger partial charge is 0.478 e. The van der Waals surface area contributed by atoms with Gasteiger partial charge in [0.25, 0.3) is 5.91 Å². The fourth-order valence-electron chi connectivity index (χ4n) is 2.09. The van der Waals surface area contributed by atoms with Gasteiger partial charge in [-0.25, -0.2) is 4.79 Å². The van der Waals surface area contributed by atoms with E-state index in [4.69, 9.17) is 4.74 Å². The molecule has 0 fully saturated rings. The second-order valence-electron chi connectivity index (χ2n) is 4.97. The van der Waals surface area contributed by atoms with E-state index in [1.54, 1.807) is 40.1 Å². The van der Waals surface area contributed by atoms with Crippen molar-refractivity contribution in [1.82, 2.24) is 4.90 Å². The smallest absolute Gasteiger partial charge is 0.336 e. The van der Waals surface area contributed by atoms with Crippen LogP contribution in [0, 0.1) is 13.8 Å². The highest BCUT2D eigenvalue weighted by Gasteiger charge is 2.25.